The van der Waals surface area contributed by atoms with E-state index in [4.69, 9.17) is 21.1 Å². The minimum Gasteiger partial charge on any atom is -0.486 e. The molecule has 3 aliphatic rings. The Morgan fingerprint density at radius 1 is 1.18 bits per heavy atom. The lowest BCUT2D eigenvalue weighted by Crippen LogP contribution is -2.17. The summed E-state index contributed by atoms with van der Waals surface area (Å²) in [6.07, 6.45) is 6.89. The van der Waals surface area contributed by atoms with Crippen LogP contribution in [-0.2, 0) is 23.2 Å². The zero-order valence-corrected chi connectivity index (χ0v) is 23.3. The highest BCUT2D eigenvalue weighted by Gasteiger charge is 2.63. The van der Waals surface area contributed by atoms with Crippen LogP contribution < -0.4 is 9.47 Å². The van der Waals surface area contributed by atoms with Crippen LogP contribution in [0.15, 0.2) is 42.6 Å². The van der Waals surface area contributed by atoms with E-state index in [1.165, 1.54) is 5.56 Å². The first-order valence-electron chi connectivity index (χ1n) is 13.6. The van der Waals surface area contributed by atoms with Crippen molar-refractivity contribution in [2.75, 3.05) is 7.11 Å². The topological polar surface area (TPSA) is 68.7 Å². The van der Waals surface area contributed by atoms with E-state index in [1.807, 2.05) is 18.2 Å². The lowest BCUT2D eigenvalue weighted by molar-refractivity contribution is -0.139. The highest BCUT2D eigenvalue weighted by atomic mass is 35.5. The zero-order chi connectivity index (χ0) is 27.5. The van der Waals surface area contributed by atoms with Gasteiger partial charge in [0.25, 0.3) is 0 Å². The lowest BCUT2D eigenvalue weighted by atomic mass is 9.75. The molecule has 1 spiro atoms. The average Bonchev–Trinajstić information content (AvgIpc) is 3.36. The van der Waals surface area contributed by atoms with E-state index in [9.17, 15) is 9.90 Å². The maximum absolute atomic E-state index is 15.7. The molecule has 3 aliphatic carbocycles. The standard InChI is InChI=1S/C32H33ClFNO4/c1-31(2)11-4-5-23(31)21-13-18(6-8-20(21)22-14-27(38-3)35-16-25(22)33)17-39-26-9-7-19-10-12-32(28(19)29(26)34)15-24(32)30(36)37/h6-9,13-14,16,23-24H,4-5,10-12,15,17H2,1-3H3,(H,36,37)/t23-,24-,32+/m0/s1. The number of hydrogen-bond acceptors (Lipinski definition) is 4. The molecule has 39 heavy (non-hydrogen) atoms. The molecule has 5 nitrogen and oxygen atoms in total. The van der Waals surface area contributed by atoms with Crippen LogP contribution in [0.2, 0.25) is 5.02 Å². The number of nitrogens with zero attached hydrogens (tertiary/aromatic N) is 1. The number of aryl methyl sites for hydroxylation is 1. The molecule has 2 fully saturated rings. The number of halogens is 2. The Bertz CT molecular complexity index is 1470. The molecule has 0 amide bonds. The largest absolute Gasteiger partial charge is 0.486 e. The fourth-order valence-electron chi connectivity index (χ4n) is 7.16. The van der Waals surface area contributed by atoms with E-state index in [1.54, 1.807) is 19.4 Å². The van der Waals surface area contributed by atoms with Crippen LogP contribution in [0.4, 0.5) is 4.39 Å². The molecule has 204 valence electrons. The van der Waals surface area contributed by atoms with Gasteiger partial charge in [-0.15, -0.1) is 0 Å². The van der Waals surface area contributed by atoms with E-state index in [2.05, 4.69) is 31.0 Å². The van der Waals surface area contributed by atoms with Crippen LogP contribution in [0.5, 0.6) is 11.6 Å². The number of aliphatic carboxylic acids is 1. The van der Waals surface area contributed by atoms with Gasteiger partial charge in [-0.25, -0.2) is 9.37 Å². The van der Waals surface area contributed by atoms with Gasteiger partial charge >= 0.3 is 5.97 Å². The maximum atomic E-state index is 15.7. The Hall–Kier alpha value is -3.12. The zero-order valence-electron chi connectivity index (χ0n) is 22.5. The second-order valence-corrected chi connectivity index (χ2v) is 12.4. The second kappa shape index (κ2) is 9.51. The van der Waals surface area contributed by atoms with Crippen LogP contribution in [0.1, 0.15) is 74.1 Å². The lowest BCUT2D eigenvalue weighted by Gasteiger charge is -2.30. The van der Waals surface area contributed by atoms with Crippen molar-refractivity contribution in [2.45, 2.75) is 70.3 Å². The first-order valence-corrected chi connectivity index (χ1v) is 14.0. The van der Waals surface area contributed by atoms with Gasteiger partial charge in [0.2, 0.25) is 5.88 Å². The van der Waals surface area contributed by atoms with Crippen molar-refractivity contribution in [1.29, 1.82) is 0 Å². The summed E-state index contributed by atoms with van der Waals surface area (Å²) in [5, 5.41) is 10.1. The van der Waals surface area contributed by atoms with Crippen molar-refractivity contribution in [3.63, 3.8) is 0 Å². The number of fused-ring (bicyclic) bond motifs is 2. The molecule has 0 bridgehead atoms. The van der Waals surface area contributed by atoms with Gasteiger partial charge in [-0.3, -0.25) is 4.79 Å². The second-order valence-electron chi connectivity index (χ2n) is 12.0. The molecule has 7 heteroatoms. The molecule has 0 radical (unpaired) electrons. The molecule has 1 aromatic heterocycles. The van der Waals surface area contributed by atoms with E-state index in [0.29, 0.717) is 41.6 Å². The van der Waals surface area contributed by atoms with Crippen molar-refractivity contribution in [3.05, 3.63) is 75.7 Å². The Morgan fingerprint density at radius 2 is 2.00 bits per heavy atom. The molecule has 3 atom stereocenters. The van der Waals surface area contributed by atoms with E-state index in [-0.39, 0.29) is 17.8 Å². The van der Waals surface area contributed by atoms with Crippen LogP contribution in [0, 0.1) is 17.2 Å². The Kier molecular flexibility index (Phi) is 6.37. The number of carboxylic acids is 1. The minimum absolute atomic E-state index is 0.128. The predicted molar refractivity (Wildman–Crippen MR) is 148 cm³/mol. The molecule has 2 saturated carbocycles. The Morgan fingerprint density at radius 3 is 2.69 bits per heavy atom. The molecule has 0 unspecified atom stereocenters. The van der Waals surface area contributed by atoms with Crippen molar-refractivity contribution in [2.24, 2.45) is 11.3 Å². The number of methoxy groups -OCH3 is 1. The fourth-order valence-corrected chi connectivity index (χ4v) is 7.36. The number of pyridine rings is 1. The number of carboxylic acid groups (broad SMARTS) is 1. The summed E-state index contributed by atoms with van der Waals surface area (Å²) in [6, 6.07) is 11.7. The summed E-state index contributed by atoms with van der Waals surface area (Å²) in [4.78, 5) is 15.9. The van der Waals surface area contributed by atoms with Gasteiger partial charge in [-0.2, -0.15) is 0 Å². The first-order chi connectivity index (χ1) is 18.6. The van der Waals surface area contributed by atoms with Gasteiger partial charge in [0.05, 0.1) is 24.2 Å². The molecule has 0 saturated heterocycles. The molecule has 1 heterocycles. The maximum Gasteiger partial charge on any atom is 0.307 e. The van der Waals surface area contributed by atoms with E-state index >= 15 is 4.39 Å². The number of hydrogen-bond donors (Lipinski definition) is 1. The first kappa shape index (κ1) is 26.1. The van der Waals surface area contributed by atoms with Crippen molar-refractivity contribution in [3.8, 4) is 22.8 Å². The predicted octanol–water partition coefficient (Wildman–Crippen LogP) is 7.71. The van der Waals surface area contributed by atoms with E-state index in [0.717, 1.165) is 41.5 Å². The third-order valence-corrected chi connectivity index (χ3v) is 9.68. The summed E-state index contributed by atoms with van der Waals surface area (Å²) in [5.74, 6) is -0.737. The molecule has 2 aromatic carbocycles. The SMILES string of the molecule is COc1cc(-c2ccc(COc3ccc4c(c3F)[C@]3(CC4)C[C@H]3C(=O)O)cc2[C@@H]2CCCC2(C)C)c(Cl)cn1. The monoisotopic (exact) mass is 549 g/mol. The summed E-state index contributed by atoms with van der Waals surface area (Å²) in [5.41, 5.74) is 5.08. The van der Waals surface area contributed by atoms with Crippen molar-refractivity contribution < 1.29 is 23.8 Å². The smallest absolute Gasteiger partial charge is 0.307 e. The fraction of sp³-hybridized carbons (Fsp3) is 0.438. The number of carbonyl (C=O) groups is 1. The molecule has 1 N–H and O–H groups in total. The third-order valence-electron chi connectivity index (χ3n) is 9.38. The summed E-state index contributed by atoms with van der Waals surface area (Å²) >= 11 is 6.62. The number of ether oxygens (including phenoxy) is 2. The van der Waals surface area contributed by atoms with Crippen LogP contribution >= 0.6 is 11.6 Å². The molecular formula is C32H33ClFNO4. The van der Waals surface area contributed by atoms with Crippen molar-refractivity contribution in [1.82, 2.24) is 4.98 Å². The molecular weight excluding hydrogens is 517 g/mol. The normalized spacial score (nSPS) is 24.5. The van der Waals surface area contributed by atoms with Crippen LogP contribution in [0.3, 0.4) is 0 Å². The summed E-state index contributed by atoms with van der Waals surface area (Å²) in [6.45, 7) is 4.83. The van der Waals surface area contributed by atoms with Gasteiger partial charge < -0.3 is 14.6 Å². The van der Waals surface area contributed by atoms with Gasteiger partial charge in [-0.1, -0.05) is 56.1 Å². The van der Waals surface area contributed by atoms with Crippen LogP contribution in [0.25, 0.3) is 11.1 Å². The van der Waals surface area contributed by atoms with Gasteiger partial charge in [-0.05, 0) is 71.8 Å². The minimum atomic E-state index is -0.844. The van der Waals surface area contributed by atoms with Crippen molar-refractivity contribution >= 4 is 17.6 Å². The van der Waals surface area contributed by atoms with Crippen LogP contribution in [-0.4, -0.2) is 23.2 Å². The van der Waals surface area contributed by atoms with E-state index < -0.39 is 23.1 Å². The molecule has 0 aliphatic heterocycles. The average molecular weight is 550 g/mol. The highest BCUT2D eigenvalue weighted by molar-refractivity contribution is 6.33. The third kappa shape index (κ3) is 4.37. The Balaban J connectivity index is 1.33. The van der Waals surface area contributed by atoms with Gasteiger partial charge in [0, 0.05) is 22.6 Å². The quantitative estimate of drug-likeness (QED) is 0.327. The Labute approximate surface area is 233 Å². The number of benzene rings is 2. The number of aromatic nitrogens is 1. The molecule has 3 aromatic rings. The summed E-state index contributed by atoms with van der Waals surface area (Å²) in [7, 11) is 1.59. The highest BCUT2D eigenvalue weighted by Crippen LogP contribution is 2.63. The number of rotatable bonds is 7. The summed E-state index contributed by atoms with van der Waals surface area (Å²) < 4.78 is 27.2. The molecule has 6 rings (SSSR count). The van der Waals surface area contributed by atoms with Gasteiger partial charge in [0.1, 0.15) is 6.61 Å². The van der Waals surface area contributed by atoms with Gasteiger partial charge in [0.15, 0.2) is 11.6 Å².